The van der Waals surface area contributed by atoms with Crippen LogP contribution in [0.4, 0.5) is 0 Å². The topological polar surface area (TPSA) is 48.0 Å². The Morgan fingerprint density at radius 3 is 2.50 bits per heavy atom. The molecule has 18 heavy (non-hydrogen) atoms. The van der Waals surface area contributed by atoms with Crippen LogP contribution in [-0.2, 0) is 6.54 Å². The Kier molecular flexibility index (Phi) is 3.88. The van der Waals surface area contributed by atoms with E-state index in [1.54, 1.807) is 4.90 Å². The van der Waals surface area contributed by atoms with Crippen LogP contribution in [0.5, 0.6) is 0 Å². The summed E-state index contributed by atoms with van der Waals surface area (Å²) in [6, 6.07) is 0.563. The van der Waals surface area contributed by atoms with E-state index in [0.29, 0.717) is 6.04 Å². The van der Waals surface area contributed by atoms with Crippen molar-refractivity contribution in [2.24, 2.45) is 0 Å². The molecule has 0 atom stereocenters. The van der Waals surface area contributed by atoms with E-state index >= 15 is 0 Å². The highest BCUT2D eigenvalue weighted by Gasteiger charge is 2.23. The second-order valence-electron chi connectivity index (χ2n) is 5.82. The van der Waals surface area contributed by atoms with E-state index in [0.717, 1.165) is 12.4 Å². The summed E-state index contributed by atoms with van der Waals surface area (Å²) in [6.07, 6.45) is 10.7. The fourth-order valence-corrected chi connectivity index (χ4v) is 3.39. The minimum Gasteiger partial charge on any atom is -0.329 e. The van der Waals surface area contributed by atoms with Gasteiger partial charge in [0.15, 0.2) is 0 Å². The maximum absolute atomic E-state index is 4.27. The summed E-state index contributed by atoms with van der Waals surface area (Å²) in [6.45, 7) is 3.60. The van der Waals surface area contributed by atoms with Gasteiger partial charge in [0.05, 0.1) is 19.1 Å². The van der Waals surface area contributed by atoms with Crippen LogP contribution in [0.3, 0.4) is 0 Å². The molecule has 5 heteroatoms. The molecule has 2 aliphatic rings. The molecule has 1 aromatic rings. The molecule has 0 radical (unpaired) electrons. The third-order valence-corrected chi connectivity index (χ3v) is 4.45. The second-order valence-corrected chi connectivity index (χ2v) is 5.82. The lowest BCUT2D eigenvalue weighted by Crippen LogP contribution is -3.11. The van der Waals surface area contributed by atoms with Crippen LogP contribution in [0, 0.1) is 0 Å². The third-order valence-electron chi connectivity index (χ3n) is 4.45. The molecule has 2 heterocycles. The highest BCUT2D eigenvalue weighted by atomic mass is 15.6. The summed E-state index contributed by atoms with van der Waals surface area (Å²) in [5.41, 5.74) is 0. The van der Waals surface area contributed by atoms with E-state index in [-0.39, 0.29) is 0 Å². The van der Waals surface area contributed by atoms with Gasteiger partial charge in [-0.3, -0.25) is 0 Å². The van der Waals surface area contributed by atoms with Gasteiger partial charge in [0, 0.05) is 0 Å². The molecule has 0 aromatic carbocycles. The number of quaternary nitrogens is 1. The Bertz CT molecular complexity index is 363. The normalized spacial score (nSPS) is 23.3. The fourth-order valence-electron chi connectivity index (χ4n) is 3.39. The van der Waals surface area contributed by atoms with Crippen LogP contribution in [0.15, 0.2) is 0 Å². The van der Waals surface area contributed by atoms with Crippen LogP contribution < -0.4 is 4.90 Å². The Labute approximate surface area is 109 Å². The lowest BCUT2D eigenvalue weighted by atomic mass is 9.95. The molecule has 100 valence electrons. The molecule has 1 aromatic heterocycles. The van der Waals surface area contributed by atoms with Crippen molar-refractivity contribution in [1.29, 1.82) is 0 Å². The zero-order valence-corrected chi connectivity index (χ0v) is 11.1. The molecule has 3 rings (SSSR count). The van der Waals surface area contributed by atoms with E-state index in [9.17, 15) is 0 Å². The number of hydrogen-bond acceptors (Lipinski definition) is 3. The van der Waals surface area contributed by atoms with Crippen molar-refractivity contribution < 1.29 is 4.90 Å². The molecular weight excluding hydrogens is 226 g/mol. The van der Waals surface area contributed by atoms with Gasteiger partial charge < -0.3 is 4.90 Å². The Morgan fingerprint density at radius 1 is 1.00 bits per heavy atom. The molecule has 5 nitrogen and oxygen atoms in total. The zero-order chi connectivity index (χ0) is 12.2. The van der Waals surface area contributed by atoms with Gasteiger partial charge in [-0.2, -0.15) is 0 Å². The minimum atomic E-state index is 0.563. The van der Waals surface area contributed by atoms with E-state index in [1.807, 2.05) is 0 Å². The van der Waals surface area contributed by atoms with Crippen molar-refractivity contribution in [2.45, 2.75) is 64.0 Å². The lowest BCUT2D eigenvalue weighted by molar-refractivity contribution is -0.919. The molecule has 0 amide bonds. The van der Waals surface area contributed by atoms with Gasteiger partial charge in [0.1, 0.15) is 6.54 Å². The highest BCUT2D eigenvalue weighted by Crippen LogP contribution is 2.27. The van der Waals surface area contributed by atoms with Crippen molar-refractivity contribution in [3.63, 3.8) is 0 Å². The summed E-state index contributed by atoms with van der Waals surface area (Å²) in [5, 5.41) is 12.4. The first kappa shape index (κ1) is 12.1. The van der Waals surface area contributed by atoms with Crippen LogP contribution in [-0.4, -0.2) is 33.3 Å². The molecule has 0 spiro atoms. The quantitative estimate of drug-likeness (QED) is 0.861. The van der Waals surface area contributed by atoms with Crippen molar-refractivity contribution in [3.05, 3.63) is 5.82 Å². The third kappa shape index (κ3) is 2.71. The second kappa shape index (κ2) is 5.78. The molecule has 1 N–H and O–H groups in total. The first-order valence-electron chi connectivity index (χ1n) is 7.54. The van der Waals surface area contributed by atoms with Gasteiger partial charge in [0.2, 0.25) is 5.82 Å². The molecular formula is C13H24N5+. The van der Waals surface area contributed by atoms with Crippen molar-refractivity contribution in [3.8, 4) is 0 Å². The number of nitrogens with one attached hydrogen (secondary N) is 1. The number of likely N-dealkylation sites (tertiary alicyclic amines) is 1. The minimum absolute atomic E-state index is 0.563. The number of nitrogens with zero attached hydrogens (tertiary/aromatic N) is 4. The Balaban J connectivity index is 1.66. The Morgan fingerprint density at radius 2 is 1.72 bits per heavy atom. The summed E-state index contributed by atoms with van der Waals surface area (Å²) < 4.78 is 2.13. The average Bonchev–Trinajstić information content (AvgIpc) is 2.89. The number of tetrazole rings is 1. The molecule has 1 aliphatic carbocycles. The number of hydrogen-bond donors (Lipinski definition) is 1. The monoisotopic (exact) mass is 250 g/mol. The summed E-state index contributed by atoms with van der Waals surface area (Å²) in [4.78, 5) is 1.66. The van der Waals surface area contributed by atoms with Gasteiger partial charge >= 0.3 is 0 Å². The number of piperidine rings is 1. The van der Waals surface area contributed by atoms with E-state index in [2.05, 4.69) is 20.2 Å². The van der Waals surface area contributed by atoms with Crippen LogP contribution in [0.1, 0.15) is 63.2 Å². The van der Waals surface area contributed by atoms with E-state index in [4.69, 9.17) is 0 Å². The summed E-state index contributed by atoms with van der Waals surface area (Å²) in [5.74, 6) is 1.11. The van der Waals surface area contributed by atoms with Crippen molar-refractivity contribution in [2.75, 3.05) is 13.1 Å². The molecule has 1 saturated heterocycles. The molecule has 2 fully saturated rings. The first-order valence-corrected chi connectivity index (χ1v) is 7.54. The molecule has 0 bridgehead atoms. The van der Waals surface area contributed by atoms with Crippen LogP contribution in [0.25, 0.3) is 0 Å². The molecule has 1 aliphatic heterocycles. The highest BCUT2D eigenvalue weighted by molar-refractivity contribution is 4.83. The summed E-state index contributed by atoms with van der Waals surface area (Å²) in [7, 11) is 0. The predicted octanol–water partition coefficient (Wildman–Crippen LogP) is 0.747. The van der Waals surface area contributed by atoms with Gasteiger partial charge in [0.25, 0.3) is 0 Å². The standard InChI is InChI=1S/C13H23N5/c1-3-7-12(8-4-1)18-13(14-15-16-18)11-17-9-5-2-6-10-17/h12H,1-11H2/p+1. The molecule has 0 unspecified atom stereocenters. The van der Waals surface area contributed by atoms with Crippen molar-refractivity contribution >= 4 is 0 Å². The molecule has 1 saturated carbocycles. The average molecular weight is 250 g/mol. The van der Waals surface area contributed by atoms with Gasteiger partial charge in [-0.15, -0.1) is 5.10 Å². The van der Waals surface area contributed by atoms with E-state index in [1.165, 1.54) is 64.5 Å². The van der Waals surface area contributed by atoms with Crippen LogP contribution >= 0.6 is 0 Å². The lowest BCUT2D eigenvalue weighted by Gasteiger charge is -2.25. The maximum atomic E-state index is 4.27. The first-order chi connectivity index (χ1) is 8.93. The maximum Gasteiger partial charge on any atom is 0.206 e. The van der Waals surface area contributed by atoms with Gasteiger partial charge in [-0.1, -0.05) is 19.3 Å². The number of rotatable bonds is 3. The smallest absolute Gasteiger partial charge is 0.206 e. The fraction of sp³-hybridized carbons (Fsp3) is 0.923. The van der Waals surface area contributed by atoms with Gasteiger partial charge in [-0.25, -0.2) is 4.68 Å². The van der Waals surface area contributed by atoms with Crippen LogP contribution in [0.2, 0.25) is 0 Å². The van der Waals surface area contributed by atoms with E-state index < -0.39 is 0 Å². The predicted molar refractivity (Wildman–Crippen MR) is 68.2 cm³/mol. The van der Waals surface area contributed by atoms with Gasteiger partial charge in [-0.05, 0) is 42.5 Å². The van der Waals surface area contributed by atoms with Crippen molar-refractivity contribution in [1.82, 2.24) is 20.2 Å². The Hall–Kier alpha value is -0.970. The SMILES string of the molecule is C1CCC(n2nnnc2C[NH+]2CCCCC2)CC1. The largest absolute Gasteiger partial charge is 0.329 e. The number of aromatic nitrogens is 4. The zero-order valence-electron chi connectivity index (χ0n) is 11.1. The summed E-state index contributed by atoms with van der Waals surface area (Å²) >= 11 is 0.